The van der Waals surface area contributed by atoms with Gasteiger partial charge in [0.05, 0.1) is 6.10 Å². The number of carbonyl (C=O) groups excluding carboxylic acids is 3. The largest absolute Gasteiger partial charge is 0.457 e. The summed E-state index contributed by atoms with van der Waals surface area (Å²) in [6.45, 7) is 22.9. The van der Waals surface area contributed by atoms with Gasteiger partial charge in [0.25, 0.3) is 0 Å². The minimum absolute atomic E-state index is 0.179. The molecule has 2 aliphatic rings. The number of carbonyl (C=O) groups is 3. The molecule has 0 aromatic heterocycles. The van der Waals surface area contributed by atoms with Gasteiger partial charge in [-0.15, -0.1) is 0 Å². The van der Waals surface area contributed by atoms with E-state index in [2.05, 4.69) is 62.3 Å². The minimum atomic E-state index is -1.07. The van der Waals surface area contributed by atoms with Crippen LogP contribution in [-0.2, 0) is 42.8 Å². The van der Waals surface area contributed by atoms with Crippen LogP contribution in [0, 0.1) is 23.7 Å². The number of fused-ring (bicyclic) bond motifs is 1. The molecule has 9 nitrogen and oxygen atoms in total. The molecule has 0 aromatic rings. The molecule has 0 radical (unpaired) electrons. The van der Waals surface area contributed by atoms with Gasteiger partial charge in [0, 0.05) is 19.3 Å². The zero-order valence-corrected chi connectivity index (χ0v) is 37.2. The van der Waals surface area contributed by atoms with Crippen molar-refractivity contribution in [3.63, 3.8) is 0 Å². The molecule has 1 saturated heterocycles. The molecule has 1 unspecified atom stereocenters. The van der Waals surface area contributed by atoms with Crippen molar-refractivity contribution in [1.29, 1.82) is 0 Å². The Bertz CT molecular complexity index is 1050. The van der Waals surface area contributed by atoms with Gasteiger partial charge < -0.3 is 28.4 Å². The van der Waals surface area contributed by atoms with Gasteiger partial charge >= 0.3 is 17.9 Å². The molecule has 0 bridgehead atoms. The molecule has 7 atom stereocenters. The SMILES string of the molecule is CCCC(CCC)CC(=O)O[C@@H]1[C@@H](OC(=O)CC(CCC)CCC)[C@@H]2OC(C)(C)O[C@@H]2[C@H](OC(=O)CC(CCC)CCC)[C@H]1OC(C)CC(CCC)CCC. The van der Waals surface area contributed by atoms with E-state index in [0.29, 0.717) is 5.92 Å². The molecule has 9 heteroatoms. The van der Waals surface area contributed by atoms with Crippen LogP contribution in [0.25, 0.3) is 0 Å². The second-order valence-corrected chi connectivity index (χ2v) is 17.5. The van der Waals surface area contributed by atoms with E-state index >= 15 is 0 Å². The van der Waals surface area contributed by atoms with Crippen molar-refractivity contribution in [2.45, 2.75) is 253 Å². The average molecular weight is 781 g/mol. The highest BCUT2D eigenvalue weighted by Crippen LogP contribution is 2.43. The topological polar surface area (TPSA) is 107 Å². The van der Waals surface area contributed by atoms with E-state index in [0.717, 1.165) is 109 Å². The Morgan fingerprint density at radius 3 is 1.09 bits per heavy atom. The average Bonchev–Trinajstić information content (AvgIpc) is 3.43. The third-order valence-electron chi connectivity index (χ3n) is 11.6. The zero-order valence-electron chi connectivity index (χ0n) is 37.2. The molecule has 0 aromatic carbocycles. The molecule has 2 fully saturated rings. The molecule has 1 heterocycles. The summed E-state index contributed by atoms with van der Waals surface area (Å²) in [5.41, 5.74) is 0. The highest BCUT2D eigenvalue weighted by atomic mass is 16.8. The van der Waals surface area contributed by atoms with Crippen LogP contribution < -0.4 is 0 Å². The summed E-state index contributed by atoms with van der Waals surface area (Å²) in [7, 11) is 0. The monoisotopic (exact) mass is 781 g/mol. The Morgan fingerprint density at radius 1 is 0.473 bits per heavy atom. The summed E-state index contributed by atoms with van der Waals surface area (Å²) in [4.78, 5) is 42.0. The molecule has 1 aliphatic carbocycles. The third-order valence-corrected chi connectivity index (χ3v) is 11.6. The van der Waals surface area contributed by atoms with Crippen molar-refractivity contribution >= 4 is 17.9 Å². The van der Waals surface area contributed by atoms with Gasteiger partial charge in [-0.25, -0.2) is 0 Å². The number of hydrogen-bond acceptors (Lipinski definition) is 9. The van der Waals surface area contributed by atoms with E-state index in [-0.39, 0.29) is 61.0 Å². The van der Waals surface area contributed by atoms with Crippen molar-refractivity contribution in [2.75, 3.05) is 0 Å². The van der Waals surface area contributed by atoms with E-state index < -0.39 is 42.4 Å². The van der Waals surface area contributed by atoms with Gasteiger partial charge in [-0.3, -0.25) is 14.4 Å². The molecule has 0 N–H and O–H groups in total. The van der Waals surface area contributed by atoms with Crippen molar-refractivity contribution in [2.24, 2.45) is 23.7 Å². The Kier molecular flexibility index (Phi) is 23.7. The van der Waals surface area contributed by atoms with Gasteiger partial charge in [0.2, 0.25) is 0 Å². The first-order valence-corrected chi connectivity index (χ1v) is 22.9. The molecule has 55 heavy (non-hydrogen) atoms. The second kappa shape index (κ2) is 26.3. The zero-order chi connectivity index (χ0) is 41.0. The molecular weight excluding hydrogens is 696 g/mol. The first-order valence-electron chi connectivity index (χ1n) is 22.9. The number of ether oxygens (including phenoxy) is 6. The highest BCUT2D eigenvalue weighted by Gasteiger charge is 2.63. The summed E-state index contributed by atoms with van der Waals surface area (Å²) in [6, 6.07) is 0. The fourth-order valence-electron chi connectivity index (χ4n) is 9.42. The van der Waals surface area contributed by atoms with Crippen molar-refractivity contribution in [1.82, 2.24) is 0 Å². The van der Waals surface area contributed by atoms with Gasteiger partial charge in [0.1, 0.15) is 18.3 Å². The van der Waals surface area contributed by atoms with E-state index in [1.54, 1.807) is 0 Å². The van der Waals surface area contributed by atoms with Crippen LogP contribution in [0.5, 0.6) is 0 Å². The number of rotatable bonds is 29. The smallest absolute Gasteiger partial charge is 0.306 e. The van der Waals surface area contributed by atoms with Crippen LogP contribution >= 0.6 is 0 Å². The number of hydrogen-bond donors (Lipinski definition) is 0. The standard InChI is InChI=1S/C46H84O9/c1-12-20-33(21-13-2)28-32(9)50-40-41(51-37(47)29-34(22-14-3)23-15-4)43(53-39(49)31-36(26-18-7)27-19-8)45-44(54-46(10,11)55-45)42(40)52-38(48)30-35(24-16-5)25-17-6/h32-36,40-45H,12-31H2,1-11H3/t32?,40-,41-,42+,43+,44+,45-/m0/s1. The summed E-state index contributed by atoms with van der Waals surface area (Å²) in [5.74, 6) is -1.07. The van der Waals surface area contributed by atoms with E-state index in [9.17, 15) is 14.4 Å². The van der Waals surface area contributed by atoms with Crippen LogP contribution in [-0.4, -0.2) is 66.4 Å². The van der Waals surface area contributed by atoms with Crippen LogP contribution in [0.3, 0.4) is 0 Å². The molecule has 0 spiro atoms. The highest BCUT2D eigenvalue weighted by molar-refractivity contribution is 5.72. The van der Waals surface area contributed by atoms with Crippen molar-refractivity contribution < 1.29 is 42.8 Å². The normalized spacial score (nSPS) is 24.1. The van der Waals surface area contributed by atoms with Crippen LogP contribution in [0.15, 0.2) is 0 Å². The molecule has 322 valence electrons. The summed E-state index contributed by atoms with van der Waals surface area (Å²) < 4.78 is 39.6. The maximum Gasteiger partial charge on any atom is 0.306 e. The predicted octanol–water partition coefficient (Wildman–Crippen LogP) is 11.5. The van der Waals surface area contributed by atoms with Gasteiger partial charge in [-0.2, -0.15) is 0 Å². The summed E-state index contributed by atoms with van der Waals surface area (Å²) >= 11 is 0. The maximum atomic E-state index is 14.1. The van der Waals surface area contributed by atoms with E-state index in [4.69, 9.17) is 28.4 Å². The van der Waals surface area contributed by atoms with Gasteiger partial charge in [0.15, 0.2) is 24.1 Å². The molecule has 1 saturated carbocycles. The lowest BCUT2D eigenvalue weighted by molar-refractivity contribution is -0.245. The molecule has 0 amide bonds. The quantitative estimate of drug-likeness (QED) is 0.0541. The maximum absolute atomic E-state index is 14.1. The van der Waals surface area contributed by atoms with E-state index in [1.807, 2.05) is 13.8 Å². The molecule has 2 rings (SSSR count). The Labute approximate surface area is 336 Å². The van der Waals surface area contributed by atoms with Crippen molar-refractivity contribution in [3.8, 4) is 0 Å². The first kappa shape index (κ1) is 49.4. The lowest BCUT2D eigenvalue weighted by Gasteiger charge is -2.46. The number of esters is 3. The van der Waals surface area contributed by atoms with Crippen LogP contribution in [0.4, 0.5) is 0 Å². The second-order valence-electron chi connectivity index (χ2n) is 17.5. The molecular formula is C46H84O9. The summed E-state index contributed by atoms with van der Waals surface area (Å²) in [5, 5.41) is 0. The first-order chi connectivity index (χ1) is 26.3. The summed E-state index contributed by atoms with van der Waals surface area (Å²) in [6.07, 6.45) is 11.5. The third kappa shape index (κ3) is 17.0. The van der Waals surface area contributed by atoms with Gasteiger partial charge in [-0.1, -0.05) is 158 Å². The van der Waals surface area contributed by atoms with Crippen molar-refractivity contribution in [3.05, 3.63) is 0 Å². The Hall–Kier alpha value is -1.71. The lowest BCUT2D eigenvalue weighted by Crippen LogP contribution is -2.66. The minimum Gasteiger partial charge on any atom is -0.457 e. The van der Waals surface area contributed by atoms with E-state index in [1.165, 1.54) is 0 Å². The van der Waals surface area contributed by atoms with Gasteiger partial charge in [-0.05, 0) is 50.9 Å². The Morgan fingerprint density at radius 2 is 0.764 bits per heavy atom. The van der Waals surface area contributed by atoms with Crippen LogP contribution in [0.1, 0.15) is 205 Å². The Balaban J connectivity index is 2.69. The molecule has 1 aliphatic heterocycles. The lowest BCUT2D eigenvalue weighted by atomic mass is 9.83. The predicted molar refractivity (Wildman–Crippen MR) is 219 cm³/mol. The van der Waals surface area contributed by atoms with Crippen LogP contribution in [0.2, 0.25) is 0 Å². The fraction of sp³-hybridized carbons (Fsp3) is 0.935. The fourth-order valence-corrected chi connectivity index (χ4v) is 9.42.